The van der Waals surface area contributed by atoms with Crippen LogP contribution < -0.4 is 10.6 Å². The fourth-order valence-corrected chi connectivity index (χ4v) is 2.11. The number of nitrogens with zero attached hydrogens (tertiary/aromatic N) is 2. The average molecular weight is 294 g/mol. The Balaban J connectivity index is 1.51. The number of rotatable bonds is 7. The molecule has 0 bridgehead atoms. The lowest BCUT2D eigenvalue weighted by molar-refractivity contribution is 0.513. The zero-order valence-electron chi connectivity index (χ0n) is 12.2. The molecule has 0 spiro atoms. The minimum absolute atomic E-state index is 0.740. The first-order valence-electron chi connectivity index (χ1n) is 7.26. The van der Waals surface area contributed by atoms with Crippen LogP contribution in [0.4, 0.5) is 11.6 Å². The van der Waals surface area contributed by atoms with Crippen molar-refractivity contribution in [1.82, 2.24) is 9.97 Å². The Morgan fingerprint density at radius 1 is 0.909 bits per heavy atom. The highest BCUT2D eigenvalue weighted by Crippen LogP contribution is 2.10. The third-order valence-corrected chi connectivity index (χ3v) is 3.24. The van der Waals surface area contributed by atoms with E-state index in [2.05, 4.69) is 32.7 Å². The summed E-state index contributed by atoms with van der Waals surface area (Å²) >= 11 is 0. The SMILES string of the molecule is c1ccc(CNc2cc(NCCc3ccco3)ncn2)cc1. The van der Waals surface area contributed by atoms with E-state index >= 15 is 0 Å². The topological polar surface area (TPSA) is 63.0 Å². The number of anilines is 2. The van der Waals surface area contributed by atoms with Crippen LogP contribution in [-0.2, 0) is 13.0 Å². The van der Waals surface area contributed by atoms with E-state index in [-0.39, 0.29) is 0 Å². The van der Waals surface area contributed by atoms with Gasteiger partial charge in [0.1, 0.15) is 23.7 Å². The highest BCUT2D eigenvalue weighted by atomic mass is 16.3. The van der Waals surface area contributed by atoms with Crippen LogP contribution in [0.25, 0.3) is 0 Å². The minimum Gasteiger partial charge on any atom is -0.469 e. The first-order chi connectivity index (χ1) is 10.9. The third-order valence-electron chi connectivity index (χ3n) is 3.24. The van der Waals surface area contributed by atoms with Crippen LogP contribution in [0.3, 0.4) is 0 Å². The van der Waals surface area contributed by atoms with Gasteiger partial charge in [-0.05, 0) is 17.7 Å². The fraction of sp³-hybridized carbons (Fsp3) is 0.176. The lowest BCUT2D eigenvalue weighted by Crippen LogP contribution is -2.07. The summed E-state index contributed by atoms with van der Waals surface area (Å²) in [6.07, 6.45) is 4.07. The Bertz CT molecular complexity index is 683. The number of hydrogen-bond acceptors (Lipinski definition) is 5. The summed E-state index contributed by atoms with van der Waals surface area (Å²) < 4.78 is 5.30. The van der Waals surface area contributed by atoms with Crippen molar-refractivity contribution >= 4 is 11.6 Å². The van der Waals surface area contributed by atoms with Crippen LogP contribution in [0.1, 0.15) is 11.3 Å². The molecule has 0 aliphatic rings. The molecule has 0 unspecified atom stereocenters. The van der Waals surface area contributed by atoms with Gasteiger partial charge in [-0.1, -0.05) is 30.3 Å². The van der Waals surface area contributed by atoms with E-state index in [1.807, 2.05) is 36.4 Å². The van der Waals surface area contributed by atoms with Crippen molar-refractivity contribution in [3.8, 4) is 0 Å². The Morgan fingerprint density at radius 2 is 1.73 bits per heavy atom. The molecule has 2 heterocycles. The summed E-state index contributed by atoms with van der Waals surface area (Å²) in [4.78, 5) is 8.45. The smallest absolute Gasteiger partial charge is 0.131 e. The molecule has 0 amide bonds. The van der Waals surface area contributed by atoms with Gasteiger partial charge in [-0.3, -0.25) is 0 Å². The van der Waals surface area contributed by atoms with E-state index in [9.17, 15) is 0 Å². The highest BCUT2D eigenvalue weighted by molar-refractivity contribution is 5.46. The maximum atomic E-state index is 5.30. The van der Waals surface area contributed by atoms with Crippen LogP contribution in [0.15, 0.2) is 65.5 Å². The van der Waals surface area contributed by atoms with E-state index in [4.69, 9.17) is 4.42 Å². The standard InChI is InChI=1S/C17H18N4O/c1-2-5-14(6-3-1)12-19-17-11-16(20-13-21-17)18-9-8-15-7-4-10-22-15/h1-7,10-11,13H,8-9,12H2,(H2,18,19,20,21). The van der Waals surface area contributed by atoms with Gasteiger partial charge in [0.2, 0.25) is 0 Å². The predicted molar refractivity (Wildman–Crippen MR) is 86.7 cm³/mol. The van der Waals surface area contributed by atoms with Crippen LogP contribution in [0, 0.1) is 0 Å². The van der Waals surface area contributed by atoms with E-state index in [1.165, 1.54) is 5.56 Å². The molecular formula is C17H18N4O. The molecule has 2 N–H and O–H groups in total. The number of aromatic nitrogens is 2. The molecule has 5 nitrogen and oxygen atoms in total. The molecule has 0 saturated carbocycles. The Labute approximate surface area is 129 Å². The van der Waals surface area contributed by atoms with Crippen molar-refractivity contribution < 1.29 is 4.42 Å². The lowest BCUT2D eigenvalue weighted by atomic mass is 10.2. The van der Waals surface area contributed by atoms with Gasteiger partial charge >= 0.3 is 0 Å². The number of nitrogens with one attached hydrogen (secondary N) is 2. The predicted octanol–water partition coefficient (Wildman–Crippen LogP) is 3.34. The monoisotopic (exact) mass is 294 g/mol. The summed E-state index contributed by atoms with van der Waals surface area (Å²) in [6.45, 7) is 1.51. The van der Waals surface area contributed by atoms with E-state index in [1.54, 1.807) is 12.6 Å². The largest absolute Gasteiger partial charge is 0.469 e. The third kappa shape index (κ3) is 4.09. The van der Waals surface area contributed by atoms with Crippen LogP contribution >= 0.6 is 0 Å². The maximum Gasteiger partial charge on any atom is 0.131 e. The van der Waals surface area contributed by atoms with E-state index < -0.39 is 0 Å². The molecule has 0 atom stereocenters. The molecule has 5 heteroatoms. The van der Waals surface area contributed by atoms with E-state index in [0.29, 0.717) is 0 Å². The summed E-state index contributed by atoms with van der Waals surface area (Å²) in [7, 11) is 0. The van der Waals surface area contributed by atoms with Crippen molar-refractivity contribution in [2.24, 2.45) is 0 Å². The van der Waals surface area contributed by atoms with Gasteiger partial charge in [0.05, 0.1) is 6.26 Å². The average Bonchev–Trinajstić information content (AvgIpc) is 3.08. The van der Waals surface area contributed by atoms with Crippen molar-refractivity contribution in [2.45, 2.75) is 13.0 Å². The molecule has 3 aromatic rings. The molecular weight excluding hydrogens is 276 g/mol. The van der Waals surface area contributed by atoms with Crippen LogP contribution in [-0.4, -0.2) is 16.5 Å². The van der Waals surface area contributed by atoms with Crippen LogP contribution in [0.5, 0.6) is 0 Å². The van der Waals surface area contributed by atoms with Gasteiger partial charge in [0.25, 0.3) is 0 Å². The van der Waals surface area contributed by atoms with Crippen molar-refractivity contribution in [3.05, 3.63) is 72.4 Å². The summed E-state index contributed by atoms with van der Waals surface area (Å²) in [5, 5.41) is 6.57. The number of benzene rings is 1. The molecule has 0 fully saturated rings. The van der Waals surface area contributed by atoms with Crippen molar-refractivity contribution in [2.75, 3.05) is 17.2 Å². The fourth-order valence-electron chi connectivity index (χ4n) is 2.11. The van der Waals surface area contributed by atoms with Gasteiger partial charge in [0.15, 0.2) is 0 Å². The zero-order valence-corrected chi connectivity index (χ0v) is 12.2. The zero-order chi connectivity index (χ0) is 15.0. The highest BCUT2D eigenvalue weighted by Gasteiger charge is 2.00. The second kappa shape index (κ2) is 7.26. The summed E-state index contributed by atoms with van der Waals surface area (Å²) in [5.74, 6) is 2.57. The molecule has 0 aliphatic heterocycles. The Kier molecular flexibility index (Phi) is 4.67. The number of hydrogen-bond donors (Lipinski definition) is 2. The molecule has 22 heavy (non-hydrogen) atoms. The molecule has 2 aromatic heterocycles. The quantitative estimate of drug-likeness (QED) is 0.700. The van der Waals surface area contributed by atoms with Crippen molar-refractivity contribution in [3.63, 3.8) is 0 Å². The normalized spacial score (nSPS) is 10.4. The first-order valence-corrected chi connectivity index (χ1v) is 7.26. The van der Waals surface area contributed by atoms with Gasteiger partial charge in [-0.25, -0.2) is 9.97 Å². The first kappa shape index (κ1) is 14.1. The molecule has 0 aliphatic carbocycles. The van der Waals surface area contributed by atoms with Gasteiger partial charge < -0.3 is 15.1 Å². The lowest BCUT2D eigenvalue weighted by Gasteiger charge is -2.08. The van der Waals surface area contributed by atoms with Crippen molar-refractivity contribution in [1.29, 1.82) is 0 Å². The van der Waals surface area contributed by atoms with E-state index in [0.717, 1.165) is 36.9 Å². The minimum atomic E-state index is 0.740. The van der Waals surface area contributed by atoms with Crippen LogP contribution in [0.2, 0.25) is 0 Å². The van der Waals surface area contributed by atoms with Gasteiger partial charge in [0, 0.05) is 25.6 Å². The number of furan rings is 1. The molecule has 3 rings (SSSR count). The molecule has 112 valence electrons. The van der Waals surface area contributed by atoms with Gasteiger partial charge in [-0.15, -0.1) is 0 Å². The molecule has 1 aromatic carbocycles. The molecule has 0 radical (unpaired) electrons. The summed E-state index contributed by atoms with van der Waals surface area (Å²) in [5.41, 5.74) is 1.22. The second-order valence-electron chi connectivity index (χ2n) is 4.88. The summed E-state index contributed by atoms with van der Waals surface area (Å²) in [6, 6.07) is 16.0. The Morgan fingerprint density at radius 3 is 2.50 bits per heavy atom. The maximum absolute atomic E-state index is 5.30. The second-order valence-corrected chi connectivity index (χ2v) is 4.88. The van der Waals surface area contributed by atoms with Gasteiger partial charge in [-0.2, -0.15) is 0 Å². The Hall–Kier alpha value is -2.82. The molecule has 0 saturated heterocycles.